The minimum absolute atomic E-state index is 0.0760. The van der Waals surface area contributed by atoms with Crippen molar-refractivity contribution in [3.05, 3.63) is 16.7 Å². The molecule has 1 aliphatic heterocycles. The van der Waals surface area contributed by atoms with Gasteiger partial charge in [-0.15, -0.1) is 0 Å². The Labute approximate surface area is 124 Å². The first kappa shape index (κ1) is 15.7. The van der Waals surface area contributed by atoms with Crippen LogP contribution in [0.15, 0.2) is 11.0 Å². The summed E-state index contributed by atoms with van der Waals surface area (Å²) in [5.41, 5.74) is 8.81. The second kappa shape index (κ2) is 5.59. The number of ether oxygens (including phenoxy) is 1. The Morgan fingerprint density at radius 1 is 1.67 bits per heavy atom. The standard InChI is InChI=1S/C11H14ClN5O4/c1-5(18)7-8(19)11(14,2-3-12)9(21-7)17-10(20)16-6(13)4-15-17/h4-5,7-9,18-19H,14H2,1H3,(H2,13,16,20)/t5-,7-,8?,9-,11?/m1/s1. The van der Waals surface area contributed by atoms with E-state index in [1.807, 2.05) is 0 Å². The molecule has 1 aromatic heterocycles. The van der Waals surface area contributed by atoms with Crippen LogP contribution in [0.3, 0.4) is 0 Å². The number of nitrogens with two attached hydrogens (primary N) is 2. The summed E-state index contributed by atoms with van der Waals surface area (Å²) in [4.78, 5) is 15.4. The van der Waals surface area contributed by atoms with E-state index in [4.69, 9.17) is 27.8 Å². The van der Waals surface area contributed by atoms with Gasteiger partial charge >= 0.3 is 5.69 Å². The zero-order valence-electron chi connectivity index (χ0n) is 11.0. The maximum atomic E-state index is 11.9. The van der Waals surface area contributed by atoms with E-state index in [1.54, 1.807) is 0 Å². The van der Waals surface area contributed by atoms with E-state index in [0.29, 0.717) is 0 Å². The van der Waals surface area contributed by atoms with E-state index in [2.05, 4.69) is 21.4 Å². The smallest absolute Gasteiger partial charge is 0.368 e. The van der Waals surface area contributed by atoms with Crippen molar-refractivity contribution in [2.75, 3.05) is 5.73 Å². The van der Waals surface area contributed by atoms with Gasteiger partial charge in [-0.25, -0.2) is 4.79 Å². The molecule has 0 aromatic carbocycles. The number of aromatic nitrogens is 3. The second-order valence-corrected chi connectivity index (χ2v) is 4.89. The van der Waals surface area contributed by atoms with Crippen LogP contribution in [0.2, 0.25) is 0 Å². The van der Waals surface area contributed by atoms with Crippen LogP contribution in [0.25, 0.3) is 0 Å². The van der Waals surface area contributed by atoms with Gasteiger partial charge in [0, 0.05) is 5.38 Å². The lowest BCUT2D eigenvalue weighted by Gasteiger charge is -2.26. The lowest BCUT2D eigenvalue weighted by molar-refractivity contribution is -0.0816. The van der Waals surface area contributed by atoms with Crippen molar-refractivity contribution in [2.45, 2.75) is 37.0 Å². The highest BCUT2D eigenvalue weighted by Crippen LogP contribution is 2.36. The third kappa shape index (κ3) is 2.59. The van der Waals surface area contributed by atoms with Crippen molar-refractivity contribution in [2.24, 2.45) is 5.73 Å². The molecule has 2 rings (SSSR count). The number of halogens is 1. The maximum Gasteiger partial charge on any atom is 0.368 e. The summed E-state index contributed by atoms with van der Waals surface area (Å²) in [5.74, 6) is 2.32. The third-order valence-corrected chi connectivity index (χ3v) is 3.29. The molecule has 0 aliphatic carbocycles. The zero-order valence-corrected chi connectivity index (χ0v) is 11.7. The van der Waals surface area contributed by atoms with Crippen LogP contribution in [0.4, 0.5) is 5.82 Å². The summed E-state index contributed by atoms with van der Waals surface area (Å²) in [5, 5.41) is 25.7. The van der Waals surface area contributed by atoms with Gasteiger partial charge in [-0.3, -0.25) is 0 Å². The molecule has 9 nitrogen and oxygen atoms in total. The van der Waals surface area contributed by atoms with Crippen LogP contribution in [-0.4, -0.2) is 48.8 Å². The summed E-state index contributed by atoms with van der Waals surface area (Å²) in [6, 6.07) is 0. The van der Waals surface area contributed by atoms with Crippen molar-refractivity contribution < 1.29 is 14.9 Å². The summed E-state index contributed by atoms with van der Waals surface area (Å²) in [6.45, 7) is 1.41. The predicted molar refractivity (Wildman–Crippen MR) is 72.8 cm³/mol. The number of nitrogen functional groups attached to an aromatic ring is 1. The van der Waals surface area contributed by atoms with Gasteiger partial charge in [0.15, 0.2) is 11.8 Å². The van der Waals surface area contributed by atoms with Gasteiger partial charge in [0.1, 0.15) is 18.0 Å². The first-order valence-electron chi connectivity index (χ1n) is 5.96. The van der Waals surface area contributed by atoms with Crippen LogP contribution in [-0.2, 0) is 4.74 Å². The lowest BCUT2D eigenvalue weighted by atomic mass is 9.90. The molecule has 0 bridgehead atoms. The lowest BCUT2D eigenvalue weighted by Crippen LogP contribution is -2.55. The quantitative estimate of drug-likeness (QED) is 0.447. The van der Waals surface area contributed by atoms with Gasteiger partial charge in [-0.05, 0) is 18.5 Å². The number of aliphatic hydroxyl groups excluding tert-OH is 2. The Balaban J connectivity index is 2.54. The molecule has 1 aliphatic rings. The third-order valence-electron chi connectivity index (χ3n) is 3.19. The summed E-state index contributed by atoms with van der Waals surface area (Å²) >= 11 is 5.37. The number of hydrogen-bond acceptors (Lipinski definition) is 8. The van der Waals surface area contributed by atoms with Crippen LogP contribution in [0, 0.1) is 11.3 Å². The Morgan fingerprint density at radius 2 is 2.33 bits per heavy atom. The molecular weight excluding hydrogens is 302 g/mol. The highest BCUT2D eigenvalue weighted by Gasteiger charge is 2.56. The molecule has 5 atom stereocenters. The van der Waals surface area contributed by atoms with Crippen LogP contribution in [0.5, 0.6) is 0 Å². The molecule has 114 valence electrons. The number of aliphatic hydroxyl groups is 2. The number of anilines is 1. The first-order chi connectivity index (χ1) is 9.81. The van der Waals surface area contributed by atoms with Gasteiger partial charge in [0.05, 0.1) is 12.3 Å². The molecule has 1 fully saturated rings. The molecule has 0 amide bonds. The molecule has 0 spiro atoms. The highest BCUT2D eigenvalue weighted by atomic mass is 35.5. The van der Waals surface area contributed by atoms with E-state index in [9.17, 15) is 15.0 Å². The van der Waals surface area contributed by atoms with Crippen molar-refractivity contribution in [1.82, 2.24) is 14.8 Å². The molecule has 10 heteroatoms. The zero-order chi connectivity index (χ0) is 15.8. The molecule has 21 heavy (non-hydrogen) atoms. The summed E-state index contributed by atoms with van der Waals surface area (Å²) in [6.07, 6.45) is -3.66. The van der Waals surface area contributed by atoms with Gasteiger partial charge in [0.25, 0.3) is 0 Å². The minimum Gasteiger partial charge on any atom is -0.391 e. The van der Waals surface area contributed by atoms with Gasteiger partial charge < -0.3 is 26.4 Å². The van der Waals surface area contributed by atoms with Crippen LogP contribution in [0.1, 0.15) is 13.2 Å². The molecule has 1 saturated heterocycles. The summed E-state index contributed by atoms with van der Waals surface area (Å²) in [7, 11) is 0. The first-order valence-corrected chi connectivity index (χ1v) is 6.33. The van der Waals surface area contributed by atoms with E-state index in [-0.39, 0.29) is 5.82 Å². The normalized spacial score (nSPS) is 33.3. The van der Waals surface area contributed by atoms with Crippen molar-refractivity contribution >= 4 is 17.4 Å². The Kier molecular flexibility index (Phi) is 4.18. The maximum absolute atomic E-state index is 11.9. The molecular formula is C11H14ClN5O4. The van der Waals surface area contributed by atoms with Crippen LogP contribution < -0.4 is 17.2 Å². The largest absolute Gasteiger partial charge is 0.391 e. The number of rotatable bonds is 2. The topological polar surface area (TPSA) is 150 Å². The van der Waals surface area contributed by atoms with Gasteiger partial charge in [-0.2, -0.15) is 14.8 Å². The molecule has 2 heterocycles. The molecule has 0 radical (unpaired) electrons. The fourth-order valence-electron chi connectivity index (χ4n) is 2.13. The highest BCUT2D eigenvalue weighted by molar-refractivity contribution is 6.30. The van der Waals surface area contributed by atoms with E-state index in [0.717, 1.165) is 10.9 Å². The van der Waals surface area contributed by atoms with Crippen molar-refractivity contribution in [3.63, 3.8) is 0 Å². The number of hydrogen-bond donors (Lipinski definition) is 4. The molecule has 2 unspecified atom stereocenters. The molecule has 1 aromatic rings. The Bertz CT molecular complexity index is 654. The minimum atomic E-state index is -1.74. The number of nitrogens with zero attached hydrogens (tertiary/aromatic N) is 3. The fourth-order valence-corrected chi connectivity index (χ4v) is 2.29. The van der Waals surface area contributed by atoms with E-state index >= 15 is 0 Å². The second-order valence-electron chi connectivity index (χ2n) is 4.70. The van der Waals surface area contributed by atoms with Gasteiger partial charge in [-0.1, -0.05) is 5.92 Å². The predicted octanol–water partition coefficient (Wildman–Crippen LogP) is -2.24. The average Bonchev–Trinajstić information content (AvgIpc) is 2.64. The van der Waals surface area contributed by atoms with Gasteiger partial charge in [0.2, 0.25) is 0 Å². The SMILES string of the molecule is C[C@@H](O)[C@H]1O[C@@H](n2ncc(N)nc2=O)C(N)(C#CCl)C1O. The van der Waals surface area contributed by atoms with Crippen molar-refractivity contribution in [1.29, 1.82) is 0 Å². The molecule has 0 saturated carbocycles. The molecule has 6 N–H and O–H groups in total. The monoisotopic (exact) mass is 315 g/mol. The van der Waals surface area contributed by atoms with E-state index < -0.39 is 35.8 Å². The fraction of sp³-hybridized carbons (Fsp3) is 0.545. The van der Waals surface area contributed by atoms with Crippen LogP contribution >= 0.6 is 11.6 Å². The van der Waals surface area contributed by atoms with Crippen molar-refractivity contribution in [3.8, 4) is 11.3 Å². The van der Waals surface area contributed by atoms with E-state index in [1.165, 1.54) is 6.92 Å². The Hall–Kier alpha value is -1.70. The summed E-state index contributed by atoms with van der Waals surface area (Å²) < 4.78 is 6.24. The average molecular weight is 316 g/mol. The Morgan fingerprint density at radius 3 is 2.86 bits per heavy atom.